The highest BCUT2D eigenvalue weighted by atomic mass is 35.5. The number of amides is 2. The first-order valence-corrected chi connectivity index (χ1v) is 9.26. The Morgan fingerprint density at radius 1 is 1.19 bits per heavy atom. The zero-order chi connectivity index (χ0) is 19.1. The van der Waals surface area contributed by atoms with Crippen molar-refractivity contribution < 1.29 is 23.5 Å². The third kappa shape index (κ3) is 3.14. The molecule has 7 heteroatoms. The topological polar surface area (TPSA) is 76.8 Å². The first-order chi connectivity index (χ1) is 13.0. The van der Waals surface area contributed by atoms with Gasteiger partial charge in [0.25, 0.3) is 0 Å². The highest BCUT2D eigenvalue weighted by molar-refractivity contribution is 6.31. The Morgan fingerprint density at radius 3 is 2.70 bits per heavy atom. The fourth-order valence-electron chi connectivity index (χ4n) is 3.92. The maximum Gasteiger partial charge on any atom is 0.379 e. The normalized spacial score (nSPS) is 24.8. The average molecular weight is 388 g/mol. The molecule has 2 amide bonds. The van der Waals surface area contributed by atoms with Gasteiger partial charge in [-0.25, -0.2) is 9.69 Å². The van der Waals surface area contributed by atoms with Crippen molar-refractivity contribution in [1.29, 1.82) is 0 Å². The number of nitrogens with zero attached hydrogens (tertiary/aromatic N) is 1. The Bertz CT molecular complexity index is 907. The molecule has 0 spiro atoms. The molecule has 0 N–H and O–H groups in total. The average Bonchev–Trinajstić information content (AvgIpc) is 3.25. The van der Waals surface area contributed by atoms with Gasteiger partial charge in [0.15, 0.2) is 5.75 Å². The van der Waals surface area contributed by atoms with Gasteiger partial charge in [0.05, 0.1) is 23.8 Å². The van der Waals surface area contributed by atoms with Crippen LogP contribution in [0.4, 0.5) is 5.69 Å². The first-order valence-electron chi connectivity index (χ1n) is 8.88. The number of furan rings is 1. The Hall–Kier alpha value is -2.60. The van der Waals surface area contributed by atoms with Crippen LogP contribution in [0.1, 0.15) is 36.7 Å². The number of anilines is 1. The summed E-state index contributed by atoms with van der Waals surface area (Å²) in [7, 11) is 0. The minimum Gasteiger partial charge on any atom is -0.457 e. The van der Waals surface area contributed by atoms with E-state index in [4.69, 9.17) is 20.8 Å². The molecule has 1 aliphatic carbocycles. The zero-order valence-corrected chi connectivity index (χ0v) is 15.4. The van der Waals surface area contributed by atoms with Gasteiger partial charge in [-0.3, -0.25) is 9.59 Å². The maximum atomic E-state index is 13.0. The minimum atomic E-state index is -0.714. The van der Waals surface area contributed by atoms with Crippen LogP contribution < -0.4 is 9.64 Å². The molecule has 27 heavy (non-hydrogen) atoms. The third-order valence-corrected chi connectivity index (χ3v) is 5.51. The minimum absolute atomic E-state index is 0.0254. The molecule has 2 aliphatic rings. The molecule has 1 aromatic heterocycles. The molecule has 140 valence electrons. The molecule has 1 aromatic carbocycles. The number of fused-ring (bicyclic) bond motifs is 1. The van der Waals surface area contributed by atoms with Crippen LogP contribution in [-0.4, -0.2) is 17.8 Å². The number of carbonyl (C=O) groups is 3. The van der Waals surface area contributed by atoms with Crippen molar-refractivity contribution in [1.82, 2.24) is 0 Å². The summed E-state index contributed by atoms with van der Waals surface area (Å²) in [4.78, 5) is 39.3. The maximum absolute atomic E-state index is 13.0. The highest BCUT2D eigenvalue weighted by Gasteiger charge is 2.50. The van der Waals surface area contributed by atoms with Crippen molar-refractivity contribution in [2.24, 2.45) is 17.8 Å². The number of hydrogen-bond donors (Lipinski definition) is 0. The van der Waals surface area contributed by atoms with Crippen LogP contribution in [0, 0.1) is 17.8 Å². The van der Waals surface area contributed by atoms with E-state index in [9.17, 15) is 14.4 Å². The quantitative estimate of drug-likeness (QED) is 0.450. The summed E-state index contributed by atoms with van der Waals surface area (Å²) in [6.45, 7) is 2.09. The predicted molar refractivity (Wildman–Crippen MR) is 97.6 cm³/mol. The number of rotatable bonds is 3. The van der Waals surface area contributed by atoms with Crippen molar-refractivity contribution in [2.75, 3.05) is 4.90 Å². The SMILES string of the molecule is C[C@@H]1CC[C@H]2C(=O)N(c3cc(Cl)ccc3OC(=O)c3ccco3)C(=O)[C@H]2C1. The molecule has 3 atom stereocenters. The number of halogens is 1. The third-order valence-electron chi connectivity index (χ3n) is 5.27. The van der Waals surface area contributed by atoms with Gasteiger partial charge in [-0.1, -0.05) is 18.5 Å². The van der Waals surface area contributed by atoms with E-state index >= 15 is 0 Å². The number of esters is 1. The number of benzene rings is 1. The number of carbonyl (C=O) groups excluding carboxylic acids is 3. The van der Waals surface area contributed by atoms with Crippen LogP contribution in [0.25, 0.3) is 0 Å². The molecule has 4 rings (SSSR count). The lowest BCUT2D eigenvalue weighted by molar-refractivity contribution is -0.122. The van der Waals surface area contributed by atoms with Crippen molar-refractivity contribution in [3.05, 3.63) is 47.4 Å². The van der Waals surface area contributed by atoms with Crippen LogP contribution in [0.5, 0.6) is 5.75 Å². The summed E-state index contributed by atoms with van der Waals surface area (Å²) < 4.78 is 10.4. The Morgan fingerprint density at radius 2 is 1.96 bits per heavy atom. The van der Waals surface area contributed by atoms with Crippen molar-refractivity contribution in [3.63, 3.8) is 0 Å². The summed E-state index contributed by atoms with van der Waals surface area (Å²) in [5.74, 6) is -1.35. The highest BCUT2D eigenvalue weighted by Crippen LogP contribution is 2.44. The van der Waals surface area contributed by atoms with Gasteiger partial charge in [-0.05, 0) is 55.5 Å². The molecule has 2 fully saturated rings. The summed E-state index contributed by atoms with van der Waals surface area (Å²) in [6.07, 6.45) is 3.66. The molecule has 1 aliphatic heterocycles. The molecular formula is C20H18ClNO5. The Kier molecular flexibility index (Phi) is 4.52. The van der Waals surface area contributed by atoms with E-state index in [1.807, 2.05) is 0 Å². The zero-order valence-electron chi connectivity index (χ0n) is 14.7. The lowest BCUT2D eigenvalue weighted by Crippen LogP contribution is -2.31. The Balaban J connectivity index is 1.69. The molecule has 0 radical (unpaired) electrons. The molecule has 6 nitrogen and oxygen atoms in total. The van der Waals surface area contributed by atoms with Crippen LogP contribution >= 0.6 is 11.6 Å². The van der Waals surface area contributed by atoms with E-state index in [0.29, 0.717) is 23.8 Å². The van der Waals surface area contributed by atoms with Gasteiger partial charge in [-0.2, -0.15) is 0 Å². The molecule has 0 unspecified atom stereocenters. The van der Waals surface area contributed by atoms with E-state index < -0.39 is 5.97 Å². The van der Waals surface area contributed by atoms with Gasteiger partial charge >= 0.3 is 5.97 Å². The van der Waals surface area contributed by atoms with Gasteiger partial charge in [0, 0.05) is 5.02 Å². The van der Waals surface area contributed by atoms with Crippen molar-refractivity contribution in [2.45, 2.75) is 26.2 Å². The van der Waals surface area contributed by atoms with E-state index in [1.54, 1.807) is 6.07 Å². The van der Waals surface area contributed by atoms with Crippen LogP contribution in [0.3, 0.4) is 0 Å². The van der Waals surface area contributed by atoms with Gasteiger partial charge in [-0.15, -0.1) is 0 Å². The second-order valence-electron chi connectivity index (χ2n) is 7.12. The number of imide groups is 1. The molecule has 2 heterocycles. The van der Waals surface area contributed by atoms with Crippen molar-refractivity contribution in [3.8, 4) is 5.75 Å². The largest absolute Gasteiger partial charge is 0.457 e. The lowest BCUT2D eigenvalue weighted by Gasteiger charge is -2.25. The van der Waals surface area contributed by atoms with Gasteiger partial charge in [0.2, 0.25) is 17.6 Å². The van der Waals surface area contributed by atoms with E-state index in [0.717, 1.165) is 11.3 Å². The monoisotopic (exact) mass is 387 g/mol. The fourth-order valence-corrected chi connectivity index (χ4v) is 4.09. The van der Waals surface area contributed by atoms with Crippen LogP contribution in [-0.2, 0) is 9.59 Å². The summed E-state index contributed by atoms with van der Waals surface area (Å²) >= 11 is 6.09. The fraction of sp³-hybridized carbons (Fsp3) is 0.350. The first kappa shape index (κ1) is 17.8. The van der Waals surface area contributed by atoms with Gasteiger partial charge in [0.1, 0.15) is 0 Å². The molecular weight excluding hydrogens is 370 g/mol. The lowest BCUT2D eigenvalue weighted by atomic mass is 9.76. The van der Waals surface area contributed by atoms with Crippen LogP contribution in [0.15, 0.2) is 41.0 Å². The standard InChI is InChI=1S/C20H18ClNO5/c1-11-4-6-13-14(9-11)19(24)22(18(13)23)15-10-12(21)5-7-16(15)27-20(25)17-3-2-8-26-17/h2-3,5,7-8,10-11,13-14H,4,6,9H2,1H3/t11-,13-,14+/m1/s1. The number of hydrogen-bond acceptors (Lipinski definition) is 5. The van der Waals surface area contributed by atoms with Crippen LogP contribution in [0.2, 0.25) is 5.02 Å². The second kappa shape index (κ2) is 6.85. The number of ether oxygens (including phenoxy) is 1. The van der Waals surface area contributed by atoms with E-state index in [2.05, 4.69) is 6.92 Å². The summed E-state index contributed by atoms with van der Waals surface area (Å²) in [6, 6.07) is 7.53. The van der Waals surface area contributed by atoms with E-state index in [1.165, 1.54) is 30.5 Å². The molecule has 2 aromatic rings. The Labute approximate surface area is 161 Å². The van der Waals surface area contributed by atoms with E-state index in [-0.39, 0.29) is 40.8 Å². The predicted octanol–water partition coefficient (Wildman–Crippen LogP) is 4.08. The molecule has 1 saturated heterocycles. The molecule has 0 bridgehead atoms. The molecule has 1 saturated carbocycles. The van der Waals surface area contributed by atoms with Crippen molar-refractivity contribution >= 4 is 35.1 Å². The summed E-state index contributed by atoms with van der Waals surface area (Å²) in [5.41, 5.74) is 0.194. The smallest absolute Gasteiger partial charge is 0.379 e. The van der Waals surface area contributed by atoms with Gasteiger partial charge < -0.3 is 9.15 Å². The summed E-state index contributed by atoms with van der Waals surface area (Å²) in [5, 5.41) is 0.339. The second-order valence-corrected chi connectivity index (χ2v) is 7.56.